The van der Waals surface area contributed by atoms with Crippen molar-refractivity contribution in [3.8, 4) is 5.75 Å². The van der Waals surface area contributed by atoms with Crippen LogP contribution in [0.4, 0.5) is 0 Å². The zero-order valence-electron chi connectivity index (χ0n) is 10.5. The van der Waals surface area contributed by atoms with Gasteiger partial charge in [-0.15, -0.1) is 11.3 Å². The third-order valence-corrected chi connectivity index (χ3v) is 3.68. The maximum Gasteiger partial charge on any atom is 0.193 e. The maximum atomic E-state index is 5.85. The molecule has 19 heavy (non-hydrogen) atoms. The van der Waals surface area contributed by atoms with Gasteiger partial charge in [-0.1, -0.05) is 18.2 Å². The molecule has 0 radical (unpaired) electrons. The molecule has 5 heteroatoms. The summed E-state index contributed by atoms with van der Waals surface area (Å²) < 4.78 is 7.86. The van der Waals surface area contributed by atoms with Crippen molar-refractivity contribution in [3.63, 3.8) is 0 Å². The van der Waals surface area contributed by atoms with E-state index in [9.17, 15) is 0 Å². The average Bonchev–Trinajstić information content (AvgIpc) is 2.99. The standard InChI is InChI=1S/C14H15N3OS/c15-6-5-11-3-1-2-4-13(11)18-10-12-9-17-7-8-19-14(17)16-12/h1-4,7-9H,5-6,10,15H2. The summed E-state index contributed by atoms with van der Waals surface area (Å²) in [6.45, 7) is 1.11. The quantitative estimate of drug-likeness (QED) is 0.777. The van der Waals surface area contributed by atoms with Crippen molar-refractivity contribution in [3.05, 3.63) is 53.3 Å². The van der Waals surface area contributed by atoms with Crippen LogP contribution >= 0.6 is 11.3 Å². The molecule has 0 aliphatic rings. The second-order valence-corrected chi connectivity index (χ2v) is 5.13. The molecule has 4 nitrogen and oxygen atoms in total. The summed E-state index contributed by atoms with van der Waals surface area (Å²) in [6.07, 6.45) is 4.82. The topological polar surface area (TPSA) is 52.5 Å². The number of thiazole rings is 1. The first-order valence-electron chi connectivity index (χ1n) is 6.18. The van der Waals surface area contributed by atoms with E-state index >= 15 is 0 Å². The minimum absolute atomic E-state index is 0.482. The summed E-state index contributed by atoms with van der Waals surface area (Å²) >= 11 is 1.62. The predicted molar refractivity (Wildman–Crippen MR) is 76.6 cm³/mol. The van der Waals surface area contributed by atoms with Crippen molar-refractivity contribution >= 4 is 16.3 Å². The first-order valence-corrected chi connectivity index (χ1v) is 7.06. The molecule has 0 fully saturated rings. The van der Waals surface area contributed by atoms with Crippen molar-refractivity contribution in [2.75, 3.05) is 6.54 Å². The molecule has 2 N–H and O–H groups in total. The van der Waals surface area contributed by atoms with Crippen LogP contribution in [0.25, 0.3) is 4.96 Å². The van der Waals surface area contributed by atoms with Gasteiger partial charge in [0.05, 0.1) is 5.69 Å². The van der Waals surface area contributed by atoms with Gasteiger partial charge in [0, 0.05) is 17.8 Å². The summed E-state index contributed by atoms with van der Waals surface area (Å²) in [5.41, 5.74) is 7.69. The number of nitrogens with two attached hydrogens (primary N) is 1. The molecule has 1 aromatic carbocycles. The maximum absolute atomic E-state index is 5.85. The molecule has 0 spiro atoms. The van der Waals surface area contributed by atoms with Gasteiger partial charge in [-0.2, -0.15) is 0 Å². The summed E-state index contributed by atoms with van der Waals surface area (Å²) in [5.74, 6) is 0.893. The molecule has 2 aromatic heterocycles. The molecule has 0 bridgehead atoms. The second-order valence-electron chi connectivity index (χ2n) is 4.26. The van der Waals surface area contributed by atoms with Gasteiger partial charge in [0.2, 0.25) is 0 Å². The lowest BCUT2D eigenvalue weighted by atomic mass is 10.1. The summed E-state index contributed by atoms with van der Waals surface area (Å²) in [6, 6.07) is 8.00. The molecule has 98 valence electrons. The Kier molecular flexibility index (Phi) is 3.48. The van der Waals surface area contributed by atoms with Gasteiger partial charge in [-0.25, -0.2) is 4.98 Å². The number of hydrogen-bond donors (Lipinski definition) is 1. The van der Waals surface area contributed by atoms with Crippen molar-refractivity contribution in [1.29, 1.82) is 0 Å². The highest BCUT2D eigenvalue weighted by Gasteiger charge is 2.06. The third kappa shape index (κ3) is 2.62. The third-order valence-electron chi connectivity index (χ3n) is 2.90. The normalized spacial score (nSPS) is 11.0. The van der Waals surface area contributed by atoms with Gasteiger partial charge in [0.1, 0.15) is 12.4 Å². The molecule has 0 amide bonds. The van der Waals surface area contributed by atoms with Gasteiger partial charge in [-0.3, -0.25) is 4.40 Å². The van der Waals surface area contributed by atoms with E-state index in [-0.39, 0.29) is 0 Å². The number of ether oxygens (including phenoxy) is 1. The second kappa shape index (κ2) is 5.42. The lowest BCUT2D eigenvalue weighted by molar-refractivity contribution is 0.299. The lowest BCUT2D eigenvalue weighted by Gasteiger charge is -2.09. The van der Waals surface area contributed by atoms with Gasteiger partial charge < -0.3 is 10.5 Å². The first kappa shape index (κ1) is 12.2. The fourth-order valence-electron chi connectivity index (χ4n) is 2.00. The fourth-order valence-corrected chi connectivity index (χ4v) is 2.72. The van der Waals surface area contributed by atoms with E-state index in [2.05, 4.69) is 4.98 Å². The predicted octanol–water partition coefficient (Wildman–Crippen LogP) is 2.48. The van der Waals surface area contributed by atoms with Crippen LogP contribution in [0.15, 0.2) is 42.0 Å². The Morgan fingerprint density at radius 3 is 3.05 bits per heavy atom. The monoisotopic (exact) mass is 273 g/mol. The largest absolute Gasteiger partial charge is 0.487 e. The molecule has 0 atom stereocenters. The molecule has 2 heterocycles. The van der Waals surface area contributed by atoms with Crippen LogP contribution in [0.3, 0.4) is 0 Å². The number of rotatable bonds is 5. The van der Waals surface area contributed by atoms with E-state index in [0.717, 1.165) is 28.4 Å². The van der Waals surface area contributed by atoms with Crippen LogP contribution in [-0.2, 0) is 13.0 Å². The van der Waals surface area contributed by atoms with Gasteiger partial charge in [-0.05, 0) is 24.6 Å². The van der Waals surface area contributed by atoms with Crippen molar-refractivity contribution in [2.45, 2.75) is 13.0 Å². The molecule has 0 saturated carbocycles. The number of hydrogen-bond acceptors (Lipinski definition) is 4. The molecule has 3 rings (SSSR count). The summed E-state index contributed by atoms with van der Waals surface area (Å²) in [7, 11) is 0. The lowest BCUT2D eigenvalue weighted by Crippen LogP contribution is -2.05. The Morgan fingerprint density at radius 2 is 2.21 bits per heavy atom. The number of nitrogens with zero attached hydrogens (tertiary/aromatic N) is 2. The SMILES string of the molecule is NCCc1ccccc1OCc1cn2ccsc2n1. The van der Waals surface area contributed by atoms with Crippen LogP contribution in [0.2, 0.25) is 0 Å². The van der Waals surface area contributed by atoms with Crippen molar-refractivity contribution in [2.24, 2.45) is 5.73 Å². The van der Waals surface area contributed by atoms with Gasteiger partial charge in [0.25, 0.3) is 0 Å². The van der Waals surface area contributed by atoms with E-state index in [1.54, 1.807) is 11.3 Å². The summed E-state index contributed by atoms with van der Waals surface area (Å²) in [4.78, 5) is 5.49. The molecule has 0 unspecified atom stereocenters. The minimum Gasteiger partial charge on any atom is -0.487 e. The molecular weight excluding hydrogens is 258 g/mol. The number of fused-ring (bicyclic) bond motifs is 1. The molecule has 3 aromatic rings. The van der Waals surface area contributed by atoms with Crippen molar-refractivity contribution < 1.29 is 4.74 Å². The number of benzene rings is 1. The average molecular weight is 273 g/mol. The molecular formula is C14H15N3OS. The smallest absolute Gasteiger partial charge is 0.193 e. The van der Waals surface area contributed by atoms with E-state index in [1.807, 2.05) is 46.4 Å². The first-order chi connectivity index (χ1) is 9.36. The van der Waals surface area contributed by atoms with E-state index in [1.165, 1.54) is 0 Å². The Labute approximate surface area is 115 Å². The zero-order chi connectivity index (χ0) is 13.1. The van der Waals surface area contributed by atoms with E-state index < -0.39 is 0 Å². The highest BCUT2D eigenvalue weighted by molar-refractivity contribution is 7.15. The van der Waals surface area contributed by atoms with Crippen LogP contribution in [-0.4, -0.2) is 15.9 Å². The molecule has 0 aliphatic heterocycles. The molecule has 0 aliphatic carbocycles. The van der Waals surface area contributed by atoms with E-state index in [0.29, 0.717) is 13.2 Å². The number of aromatic nitrogens is 2. The Balaban J connectivity index is 1.73. The number of imidazole rings is 1. The van der Waals surface area contributed by atoms with Gasteiger partial charge >= 0.3 is 0 Å². The zero-order valence-corrected chi connectivity index (χ0v) is 11.3. The van der Waals surface area contributed by atoms with Crippen LogP contribution in [0.5, 0.6) is 5.75 Å². The van der Waals surface area contributed by atoms with Crippen molar-refractivity contribution in [1.82, 2.24) is 9.38 Å². The highest BCUT2D eigenvalue weighted by atomic mass is 32.1. The van der Waals surface area contributed by atoms with E-state index in [4.69, 9.17) is 10.5 Å². The molecule has 0 saturated heterocycles. The number of para-hydroxylation sites is 1. The Bertz CT molecular complexity index is 645. The van der Waals surface area contributed by atoms with Crippen LogP contribution in [0, 0.1) is 0 Å². The summed E-state index contributed by atoms with van der Waals surface area (Å²) in [5, 5.41) is 2.02. The highest BCUT2D eigenvalue weighted by Crippen LogP contribution is 2.20. The Hall–Kier alpha value is -1.85. The van der Waals surface area contributed by atoms with Gasteiger partial charge in [0.15, 0.2) is 4.96 Å². The van der Waals surface area contributed by atoms with Crippen LogP contribution in [0.1, 0.15) is 11.3 Å². The van der Waals surface area contributed by atoms with Crippen LogP contribution < -0.4 is 10.5 Å². The fraction of sp³-hybridized carbons (Fsp3) is 0.214. The Morgan fingerprint density at radius 1 is 1.32 bits per heavy atom. The minimum atomic E-state index is 0.482.